The van der Waals surface area contributed by atoms with Crippen LogP contribution in [0.3, 0.4) is 0 Å². The van der Waals surface area contributed by atoms with Crippen LogP contribution in [-0.4, -0.2) is 25.8 Å². The molecule has 0 bridgehead atoms. The summed E-state index contributed by atoms with van der Waals surface area (Å²) in [6.07, 6.45) is 1.07. The minimum atomic E-state index is -0.819. The maximum atomic E-state index is 12.4. The number of non-ortho nitro benzene ring substituents is 1. The first kappa shape index (κ1) is 19.7. The summed E-state index contributed by atoms with van der Waals surface area (Å²) in [7, 11) is 0. The highest BCUT2D eigenvalue weighted by Gasteiger charge is 2.17. The van der Waals surface area contributed by atoms with Crippen molar-refractivity contribution in [2.45, 2.75) is 20.8 Å². The van der Waals surface area contributed by atoms with E-state index in [1.165, 1.54) is 24.3 Å². The number of aryl methyl sites for hydroxylation is 3. The monoisotopic (exact) mass is 394 g/mol. The van der Waals surface area contributed by atoms with E-state index in [2.05, 4.69) is 9.98 Å². The zero-order chi connectivity index (χ0) is 21.3. The van der Waals surface area contributed by atoms with Crippen LogP contribution in [-0.2, 0) is 0 Å². The van der Waals surface area contributed by atoms with E-state index in [-0.39, 0.29) is 16.9 Å². The van der Waals surface area contributed by atoms with E-state index in [1.54, 1.807) is 13.8 Å². The fourth-order valence-corrected chi connectivity index (χ4v) is 3.21. The van der Waals surface area contributed by atoms with Crippen LogP contribution in [0.1, 0.15) is 22.3 Å². The Kier molecular flexibility index (Phi) is 5.14. The molecule has 2 N–H and O–H groups in total. The minimum absolute atomic E-state index is 0.159. The first-order valence-electron chi connectivity index (χ1n) is 8.64. The van der Waals surface area contributed by atoms with Crippen molar-refractivity contribution in [3.8, 4) is 11.6 Å². The first-order valence-corrected chi connectivity index (χ1v) is 8.64. The molecule has 1 aromatic heterocycles. The molecule has 1 heterocycles. The maximum Gasteiger partial charge on any atom is 0.335 e. The Bertz CT molecular complexity index is 1250. The van der Waals surface area contributed by atoms with Crippen molar-refractivity contribution in [2.75, 3.05) is 0 Å². The van der Waals surface area contributed by atoms with E-state index in [1.807, 2.05) is 19.1 Å². The number of aromatic hydroxyl groups is 1. The Morgan fingerprint density at radius 1 is 1.14 bits per heavy atom. The predicted octanol–water partition coefficient (Wildman–Crippen LogP) is 2.82. The van der Waals surface area contributed by atoms with Crippen molar-refractivity contribution in [1.29, 1.82) is 0 Å². The van der Waals surface area contributed by atoms with Crippen molar-refractivity contribution < 1.29 is 10.0 Å². The molecule has 0 amide bonds. The summed E-state index contributed by atoms with van der Waals surface area (Å²) in [6, 6.07) is 9.22. The molecule has 9 heteroatoms. The fourth-order valence-electron chi connectivity index (χ4n) is 3.21. The molecular formula is C20H18N4O5. The van der Waals surface area contributed by atoms with Gasteiger partial charge in [0, 0.05) is 18.3 Å². The Labute approximate surface area is 164 Å². The van der Waals surface area contributed by atoms with E-state index in [0.29, 0.717) is 5.69 Å². The van der Waals surface area contributed by atoms with Gasteiger partial charge in [-0.05, 0) is 38.0 Å². The van der Waals surface area contributed by atoms with Crippen LogP contribution in [0.4, 0.5) is 11.4 Å². The zero-order valence-corrected chi connectivity index (χ0v) is 16.0. The number of nitrogens with zero attached hydrogens (tertiary/aromatic N) is 3. The Hall–Kier alpha value is -4.01. The SMILES string of the molecule is Cc1cc(C)c(-n2c(O)c(C=Nc3cccc([N+](=O)[O-])c3)c(=O)[nH]c2=O)c(C)c1. The molecule has 29 heavy (non-hydrogen) atoms. The fraction of sp³-hybridized carbons (Fsp3) is 0.150. The number of benzene rings is 2. The van der Waals surface area contributed by atoms with Gasteiger partial charge in [-0.2, -0.15) is 0 Å². The summed E-state index contributed by atoms with van der Waals surface area (Å²) >= 11 is 0. The molecule has 0 unspecified atom stereocenters. The van der Waals surface area contributed by atoms with E-state index >= 15 is 0 Å². The van der Waals surface area contributed by atoms with E-state index in [9.17, 15) is 24.8 Å². The zero-order valence-electron chi connectivity index (χ0n) is 16.0. The lowest BCUT2D eigenvalue weighted by molar-refractivity contribution is -0.384. The number of rotatable bonds is 4. The van der Waals surface area contributed by atoms with Crippen molar-refractivity contribution in [1.82, 2.24) is 9.55 Å². The van der Waals surface area contributed by atoms with Crippen molar-refractivity contribution >= 4 is 17.6 Å². The van der Waals surface area contributed by atoms with Gasteiger partial charge < -0.3 is 5.11 Å². The second-order valence-electron chi connectivity index (χ2n) is 6.61. The molecule has 0 aliphatic carbocycles. The Morgan fingerprint density at radius 2 is 1.79 bits per heavy atom. The number of hydrogen-bond acceptors (Lipinski definition) is 6. The maximum absolute atomic E-state index is 12.4. The summed E-state index contributed by atoms with van der Waals surface area (Å²) < 4.78 is 1.01. The quantitative estimate of drug-likeness (QED) is 0.399. The van der Waals surface area contributed by atoms with Gasteiger partial charge in [0.25, 0.3) is 11.2 Å². The van der Waals surface area contributed by atoms with Crippen LogP contribution in [0.15, 0.2) is 51.0 Å². The molecule has 0 aliphatic rings. The van der Waals surface area contributed by atoms with Crippen LogP contribution in [0.2, 0.25) is 0 Å². The standard InChI is InChI=1S/C20H18N4O5/c1-11-7-12(2)17(13(3)8-11)23-19(26)16(18(25)22-20(23)27)10-21-14-5-4-6-15(9-14)24(28)29/h4-10,26H,1-3H3,(H,22,25,27). The summed E-state index contributed by atoms with van der Waals surface area (Å²) in [6.45, 7) is 5.50. The minimum Gasteiger partial charge on any atom is -0.493 e. The van der Waals surface area contributed by atoms with Crippen molar-refractivity contribution in [3.05, 3.63) is 89.6 Å². The number of aromatic nitrogens is 2. The van der Waals surface area contributed by atoms with Gasteiger partial charge >= 0.3 is 5.69 Å². The third-order valence-corrected chi connectivity index (χ3v) is 4.36. The van der Waals surface area contributed by atoms with E-state index < -0.39 is 22.1 Å². The van der Waals surface area contributed by atoms with Gasteiger partial charge in [0.1, 0.15) is 5.56 Å². The number of nitro benzene ring substituents is 1. The number of aliphatic imine (C=N–C) groups is 1. The molecular weight excluding hydrogens is 376 g/mol. The number of nitro groups is 1. The first-order chi connectivity index (χ1) is 13.7. The number of hydrogen-bond donors (Lipinski definition) is 2. The largest absolute Gasteiger partial charge is 0.493 e. The molecule has 3 rings (SSSR count). The van der Waals surface area contributed by atoms with Crippen LogP contribution in [0.25, 0.3) is 5.69 Å². The summed E-state index contributed by atoms with van der Waals surface area (Å²) in [5.74, 6) is -0.567. The van der Waals surface area contributed by atoms with E-state index in [4.69, 9.17) is 0 Å². The summed E-state index contributed by atoms with van der Waals surface area (Å²) in [4.78, 5) is 41.2. The van der Waals surface area contributed by atoms with Gasteiger partial charge in [0.05, 0.1) is 16.3 Å². The highest BCUT2D eigenvalue weighted by Crippen LogP contribution is 2.24. The van der Waals surface area contributed by atoms with Gasteiger partial charge in [0.2, 0.25) is 5.88 Å². The molecule has 148 valence electrons. The lowest BCUT2D eigenvalue weighted by Gasteiger charge is -2.15. The van der Waals surface area contributed by atoms with Crippen LogP contribution in [0.5, 0.6) is 5.88 Å². The van der Waals surface area contributed by atoms with Crippen LogP contribution >= 0.6 is 0 Å². The van der Waals surface area contributed by atoms with Crippen LogP contribution < -0.4 is 11.2 Å². The molecule has 0 saturated heterocycles. The summed E-state index contributed by atoms with van der Waals surface area (Å²) in [5, 5.41) is 21.6. The molecule has 9 nitrogen and oxygen atoms in total. The molecule has 2 aromatic carbocycles. The Morgan fingerprint density at radius 3 is 2.41 bits per heavy atom. The topological polar surface area (TPSA) is 131 Å². The lowest BCUT2D eigenvalue weighted by atomic mass is 10.0. The lowest BCUT2D eigenvalue weighted by Crippen LogP contribution is -2.32. The van der Waals surface area contributed by atoms with Crippen molar-refractivity contribution in [3.63, 3.8) is 0 Å². The molecule has 0 saturated carbocycles. The second kappa shape index (κ2) is 7.55. The number of aromatic amines is 1. The second-order valence-corrected chi connectivity index (χ2v) is 6.61. The average Bonchev–Trinajstić information content (AvgIpc) is 2.63. The van der Waals surface area contributed by atoms with Gasteiger partial charge in [-0.25, -0.2) is 9.36 Å². The molecule has 3 aromatic rings. The van der Waals surface area contributed by atoms with Gasteiger partial charge in [-0.3, -0.25) is 24.9 Å². The van der Waals surface area contributed by atoms with Gasteiger partial charge in [-0.1, -0.05) is 23.8 Å². The third-order valence-electron chi connectivity index (χ3n) is 4.36. The Balaban J connectivity index is 2.17. The average molecular weight is 394 g/mol. The summed E-state index contributed by atoms with van der Waals surface area (Å²) in [5.41, 5.74) is 1.16. The van der Waals surface area contributed by atoms with Crippen LogP contribution in [0, 0.1) is 30.9 Å². The molecule has 0 spiro atoms. The molecule has 0 fully saturated rings. The molecule has 0 radical (unpaired) electrons. The number of H-pyrrole nitrogens is 1. The highest BCUT2D eigenvalue weighted by atomic mass is 16.6. The van der Waals surface area contributed by atoms with Gasteiger partial charge in [0.15, 0.2) is 0 Å². The molecule has 0 atom stereocenters. The van der Waals surface area contributed by atoms with Gasteiger partial charge in [-0.15, -0.1) is 0 Å². The third kappa shape index (κ3) is 3.84. The molecule has 0 aliphatic heterocycles. The number of nitrogens with one attached hydrogen (secondary N) is 1. The highest BCUT2D eigenvalue weighted by molar-refractivity contribution is 5.84. The normalized spacial score (nSPS) is 11.1. The predicted molar refractivity (Wildman–Crippen MR) is 109 cm³/mol. The van der Waals surface area contributed by atoms with E-state index in [0.717, 1.165) is 27.5 Å². The van der Waals surface area contributed by atoms with Crippen molar-refractivity contribution in [2.24, 2.45) is 4.99 Å². The smallest absolute Gasteiger partial charge is 0.335 e.